The lowest BCUT2D eigenvalue weighted by atomic mass is 9.96. The van der Waals surface area contributed by atoms with Gasteiger partial charge < -0.3 is 9.64 Å². The quantitative estimate of drug-likeness (QED) is 0.578. The second-order valence-corrected chi connectivity index (χ2v) is 6.46. The smallest absolute Gasteiger partial charge is 0.309 e. The molecule has 1 aliphatic rings. The summed E-state index contributed by atoms with van der Waals surface area (Å²) in [5, 5.41) is 0. The highest BCUT2D eigenvalue weighted by atomic mass is 127. The molecule has 0 atom stereocenters. The van der Waals surface area contributed by atoms with E-state index in [2.05, 4.69) is 22.6 Å². The second-order valence-electron chi connectivity index (χ2n) is 5.30. The van der Waals surface area contributed by atoms with Crippen LogP contribution in [0, 0.1) is 16.4 Å². The van der Waals surface area contributed by atoms with Crippen molar-refractivity contribution in [1.29, 1.82) is 0 Å². The number of hydrogen-bond acceptors (Lipinski definition) is 3. The van der Waals surface area contributed by atoms with E-state index in [1.165, 1.54) is 0 Å². The third-order valence-electron chi connectivity index (χ3n) is 3.76. The molecule has 1 aromatic carbocycles. The zero-order chi connectivity index (χ0) is 15.4. The van der Waals surface area contributed by atoms with Crippen LogP contribution in [-0.2, 0) is 9.53 Å². The van der Waals surface area contributed by atoms with Gasteiger partial charge in [-0.2, -0.15) is 0 Å². The van der Waals surface area contributed by atoms with E-state index in [9.17, 15) is 9.59 Å². The zero-order valence-electron chi connectivity index (χ0n) is 12.4. The van der Waals surface area contributed by atoms with Crippen molar-refractivity contribution in [2.24, 2.45) is 5.92 Å². The molecule has 21 heavy (non-hydrogen) atoms. The Morgan fingerprint density at radius 2 is 2.00 bits per heavy atom. The summed E-state index contributed by atoms with van der Waals surface area (Å²) < 4.78 is 6.03. The lowest BCUT2D eigenvalue weighted by molar-refractivity contribution is -0.149. The molecule has 2 rings (SSSR count). The Kier molecular flexibility index (Phi) is 5.61. The predicted octanol–water partition coefficient (Wildman–Crippen LogP) is 3.01. The van der Waals surface area contributed by atoms with Gasteiger partial charge in [0.1, 0.15) is 0 Å². The number of aryl methyl sites for hydroxylation is 1. The fourth-order valence-electron chi connectivity index (χ4n) is 2.54. The normalized spacial score (nSPS) is 15.9. The molecule has 1 fully saturated rings. The summed E-state index contributed by atoms with van der Waals surface area (Å²) in [5.41, 5.74) is 1.90. The van der Waals surface area contributed by atoms with Gasteiger partial charge in [0, 0.05) is 16.7 Å². The first-order chi connectivity index (χ1) is 10.0. The summed E-state index contributed by atoms with van der Waals surface area (Å²) in [4.78, 5) is 26.1. The Balaban J connectivity index is 1.98. The summed E-state index contributed by atoms with van der Waals surface area (Å²) in [7, 11) is 0. The molecule has 114 valence electrons. The van der Waals surface area contributed by atoms with E-state index in [-0.39, 0.29) is 17.8 Å². The van der Waals surface area contributed by atoms with Crippen LogP contribution in [0.1, 0.15) is 35.7 Å². The molecule has 1 amide bonds. The maximum atomic E-state index is 12.5. The predicted molar refractivity (Wildman–Crippen MR) is 89.2 cm³/mol. The average molecular weight is 401 g/mol. The van der Waals surface area contributed by atoms with Gasteiger partial charge in [-0.1, -0.05) is 11.6 Å². The van der Waals surface area contributed by atoms with Crippen LogP contribution in [0.5, 0.6) is 0 Å². The Morgan fingerprint density at radius 3 is 2.57 bits per heavy atom. The summed E-state index contributed by atoms with van der Waals surface area (Å²) in [6.07, 6.45) is 1.38. The number of likely N-dealkylation sites (tertiary alicyclic amines) is 1. The van der Waals surface area contributed by atoms with E-state index < -0.39 is 0 Å². The van der Waals surface area contributed by atoms with E-state index in [4.69, 9.17) is 4.74 Å². The van der Waals surface area contributed by atoms with Gasteiger partial charge in [-0.25, -0.2) is 0 Å². The number of carbonyl (C=O) groups is 2. The summed E-state index contributed by atoms with van der Waals surface area (Å²) in [5.74, 6) is -0.137. The number of piperidine rings is 1. The molecule has 0 aliphatic carbocycles. The second kappa shape index (κ2) is 7.24. The fraction of sp³-hybridized carbons (Fsp3) is 0.500. The number of benzene rings is 1. The summed E-state index contributed by atoms with van der Waals surface area (Å²) >= 11 is 2.20. The van der Waals surface area contributed by atoms with Crippen molar-refractivity contribution in [3.63, 3.8) is 0 Å². The maximum absolute atomic E-state index is 12.5. The van der Waals surface area contributed by atoms with Crippen molar-refractivity contribution < 1.29 is 14.3 Å². The molecule has 1 aromatic rings. The number of nitrogens with zero attached hydrogens (tertiary/aromatic N) is 1. The topological polar surface area (TPSA) is 46.6 Å². The van der Waals surface area contributed by atoms with Crippen LogP contribution in [0.4, 0.5) is 0 Å². The van der Waals surface area contributed by atoms with Gasteiger partial charge in [-0.3, -0.25) is 9.59 Å². The lowest BCUT2D eigenvalue weighted by Crippen LogP contribution is -2.40. The molecule has 0 bridgehead atoms. The minimum atomic E-state index is -0.130. The van der Waals surface area contributed by atoms with Gasteiger partial charge in [0.25, 0.3) is 5.91 Å². The molecule has 0 aromatic heterocycles. The lowest BCUT2D eigenvalue weighted by Gasteiger charge is -2.31. The minimum absolute atomic E-state index is 0.0571. The monoisotopic (exact) mass is 401 g/mol. The zero-order valence-corrected chi connectivity index (χ0v) is 14.6. The van der Waals surface area contributed by atoms with Gasteiger partial charge in [-0.15, -0.1) is 0 Å². The molecular formula is C16H20INO3. The highest BCUT2D eigenvalue weighted by Gasteiger charge is 2.29. The Labute approximate surface area is 139 Å². The number of hydrogen-bond donors (Lipinski definition) is 0. The van der Waals surface area contributed by atoms with Crippen molar-refractivity contribution in [3.05, 3.63) is 32.9 Å². The molecular weight excluding hydrogens is 381 g/mol. The van der Waals surface area contributed by atoms with Crippen molar-refractivity contribution in [3.8, 4) is 0 Å². The highest BCUT2D eigenvalue weighted by Crippen LogP contribution is 2.22. The van der Waals surface area contributed by atoms with Gasteiger partial charge in [0.05, 0.1) is 18.1 Å². The third-order valence-corrected chi connectivity index (χ3v) is 4.65. The number of ether oxygens (including phenoxy) is 1. The summed E-state index contributed by atoms with van der Waals surface area (Å²) in [6, 6.07) is 5.86. The van der Waals surface area contributed by atoms with Gasteiger partial charge in [0.15, 0.2) is 0 Å². The van der Waals surface area contributed by atoms with Gasteiger partial charge in [-0.05, 0) is 61.4 Å². The number of carbonyl (C=O) groups excluding carboxylic acids is 2. The minimum Gasteiger partial charge on any atom is -0.466 e. The molecule has 0 radical (unpaired) electrons. The Bertz CT molecular complexity index is 536. The molecule has 1 aliphatic heterocycles. The van der Waals surface area contributed by atoms with Crippen LogP contribution in [-0.4, -0.2) is 36.5 Å². The Hall–Kier alpha value is -1.11. The van der Waals surface area contributed by atoms with E-state index in [1.54, 1.807) is 0 Å². The first kappa shape index (κ1) is 16.3. The number of esters is 1. The molecule has 5 heteroatoms. The molecule has 4 nitrogen and oxygen atoms in total. The van der Waals surface area contributed by atoms with E-state index in [0.29, 0.717) is 32.5 Å². The van der Waals surface area contributed by atoms with Crippen molar-refractivity contribution >= 4 is 34.5 Å². The van der Waals surface area contributed by atoms with E-state index >= 15 is 0 Å². The van der Waals surface area contributed by atoms with Crippen molar-refractivity contribution in [2.75, 3.05) is 19.7 Å². The van der Waals surface area contributed by atoms with Crippen LogP contribution in [0.15, 0.2) is 18.2 Å². The van der Waals surface area contributed by atoms with Gasteiger partial charge in [0.2, 0.25) is 0 Å². The molecule has 1 saturated heterocycles. The van der Waals surface area contributed by atoms with Crippen LogP contribution in [0.3, 0.4) is 0 Å². The summed E-state index contributed by atoms with van der Waals surface area (Å²) in [6.45, 7) is 5.48. The largest absolute Gasteiger partial charge is 0.466 e. The van der Waals surface area contributed by atoms with Crippen LogP contribution < -0.4 is 0 Å². The third kappa shape index (κ3) is 3.96. The van der Waals surface area contributed by atoms with E-state index in [0.717, 1.165) is 14.7 Å². The van der Waals surface area contributed by atoms with Crippen LogP contribution in [0.2, 0.25) is 0 Å². The fourth-order valence-corrected chi connectivity index (χ4v) is 3.44. The van der Waals surface area contributed by atoms with Gasteiger partial charge >= 0.3 is 5.97 Å². The van der Waals surface area contributed by atoms with Crippen molar-refractivity contribution in [1.82, 2.24) is 4.90 Å². The maximum Gasteiger partial charge on any atom is 0.309 e. The molecule has 1 heterocycles. The average Bonchev–Trinajstić information content (AvgIpc) is 2.47. The SMILES string of the molecule is CCOC(=O)C1CCN(C(=O)c2ccc(C)cc2I)CC1. The first-order valence-corrected chi connectivity index (χ1v) is 8.33. The first-order valence-electron chi connectivity index (χ1n) is 7.25. The number of rotatable bonds is 3. The molecule has 0 unspecified atom stereocenters. The standard InChI is InChI=1S/C16H20INO3/c1-3-21-16(20)12-6-8-18(9-7-12)15(19)13-5-4-11(2)10-14(13)17/h4-5,10,12H,3,6-9H2,1-2H3. The van der Waals surface area contributed by atoms with E-state index in [1.807, 2.05) is 36.9 Å². The van der Waals surface area contributed by atoms with Crippen LogP contribution >= 0.6 is 22.6 Å². The van der Waals surface area contributed by atoms with Crippen molar-refractivity contribution in [2.45, 2.75) is 26.7 Å². The molecule has 0 spiro atoms. The molecule has 0 N–H and O–H groups in total. The highest BCUT2D eigenvalue weighted by molar-refractivity contribution is 14.1. The number of halogens is 1. The Morgan fingerprint density at radius 1 is 1.33 bits per heavy atom. The van der Waals surface area contributed by atoms with Crippen LogP contribution in [0.25, 0.3) is 0 Å². The molecule has 0 saturated carbocycles. The number of amides is 1.